The van der Waals surface area contributed by atoms with E-state index in [2.05, 4.69) is 10.2 Å². The highest BCUT2D eigenvalue weighted by atomic mass is 35.5. The van der Waals surface area contributed by atoms with Gasteiger partial charge in [0.05, 0.1) is 22.0 Å². The fourth-order valence-electron chi connectivity index (χ4n) is 2.88. The lowest BCUT2D eigenvalue weighted by Crippen LogP contribution is -2.30. The van der Waals surface area contributed by atoms with Crippen LogP contribution in [0.5, 0.6) is 0 Å². The molecule has 0 aliphatic carbocycles. The first kappa shape index (κ1) is 16.7. The Kier molecular flexibility index (Phi) is 5.00. The normalized spacial score (nSPS) is 14.5. The molecule has 0 spiro atoms. The number of carbonyl (C=O) groups is 1. The van der Waals surface area contributed by atoms with Gasteiger partial charge in [0.2, 0.25) is 0 Å². The minimum Gasteiger partial charge on any atom is -0.370 e. The van der Waals surface area contributed by atoms with Crippen LogP contribution in [0.2, 0.25) is 5.02 Å². The van der Waals surface area contributed by atoms with E-state index < -0.39 is 17.5 Å². The summed E-state index contributed by atoms with van der Waals surface area (Å²) in [7, 11) is 0. The number of nitrogens with zero attached hydrogens (tertiary/aromatic N) is 1. The number of nitrogens with one attached hydrogen (secondary N) is 1. The second-order valence-electron chi connectivity index (χ2n) is 5.79. The van der Waals surface area contributed by atoms with Gasteiger partial charge in [-0.1, -0.05) is 11.6 Å². The molecule has 1 aliphatic heterocycles. The Balaban J connectivity index is 1.88. The van der Waals surface area contributed by atoms with Crippen molar-refractivity contribution in [2.75, 3.05) is 23.3 Å². The zero-order valence-electron chi connectivity index (χ0n) is 13.0. The van der Waals surface area contributed by atoms with Crippen molar-refractivity contribution >= 4 is 28.9 Å². The Morgan fingerprint density at radius 2 is 1.67 bits per heavy atom. The van der Waals surface area contributed by atoms with Gasteiger partial charge in [-0.15, -0.1) is 0 Å². The van der Waals surface area contributed by atoms with Crippen LogP contribution in [0.15, 0.2) is 36.4 Å². The van der Waals surface area contributed by atoms with Crippen LogP contribution >= 0.6 is 11.6 Å². The molecule has 0 bridgehead atoms. The summed E-state index contributed by atoms with van der Waals surface area (Å²) in [6.45, 7) is 1.73. The lowest BCUT2D eigenvalue weighted by molar-refractivity contribution is 0.102. The van der Waals surface area contributed by atoms with Gasteiger partial charge in [-0.3, -0.25) is 4.79 Å². The largest absolute Gasteiger partial charge is 0.370 e. The van der Waals surface area contributed by atoms with Crippen molar-refractivity contribution in [1.82, 2.24) is 0 Å². The Hall–Kier alpha value is -2.14. The lowest BCUT2D eigenvalue weighted by Gasteiger charge is -2.30. The molecule has 0 unspecified atom stereocenters. The molecular weight excluding hydrogens is 334 g/mol. The minimum absolute atomic E-state index is 0.0171. The van der Waals surface area contributed by atoms with Crippen molar-refractivity contribution in [3.05, 3.63) is 58.6 Å². The molecule has 6 heteroatoms. The minimum atomic E-state index is -0.517. The molecule has 1 fully saturated rings. The van der Waals surface area contributed by atoms with E-state index in [1.165, 1.54) is 24.6 Å². The van der Waals surface area contributed by atoms with Gasteiger partial charge in [0.1, 0.15) is 11.6 Å². The maximum absolute atomic E-state index is 13.7. The van der Waals surface area contributed by atoms with E-state index in [4.69, 9.17) is 11.6 Å². The number of rotatable bonds is 3. The smallest absolute Gasteiger partial charge is 0.257 e. The van der Waals surface area contributed by atoms with E-state index in [1.54, 1.807) is 6.07 Å². The number of carbonyl (C=O) groups excluding carboxylic acids is 1. The standard InChI is InChI=1S/C18H17ClF2N2O/c19-15-10-12(20)4-6-14(15)18(24)22-16-11-13(21)5-7-17(16)23-8-2-1-3-9-23/h4-7,10-11H,1-3,8-9H2,(H,22,24). The molecule has 0 saturated carbocycles. The average Bonchev–Trinajstić information content (AvgIpc) is 2.55. The van der Waals surface area contributed by atoms with Gasteiger partial charge in [0, 0.05) is 13.1 Å². The monoisotopic (exact) mass is 350 g/mol. The van der Waals surface area contributed by atoms with E-state index in [1.807, 2.05) is 0 Å². The number of anilines is 2. The number of benzene rings is 2. The van der Waals surface area contributed by atoms with Crippen molar-refractivity contribution in [1.29, 1.82) is 0 Å². The van der Waals surface area contributed by atoms with Crippen LogP contribution in [-0.4, -0.2) is 19.0 Å². The van der Waals surface area contributed by atoms with Crippen LogP contribution in [-0.2, 0) is 0 Å². The predicted molar refractivity (Wildman–Crippen MR) is 91.8 cm³/mol. The molecule has 126 valence electrons. The van der Waals surface area contributed by atoms with Gasteiger partial charge >= 0.3 is 0 Å². The maximum Gasteiger partial charge on any atom is 0.257 e. The summed E-state index contributed by atoms with van der Waals surface area (Å²) in [6.07, 6.45) is 3.30. The van der Waals surface area contributed by atoms with Crippen molar-refractivity contribution in [3.8, 4) is 0 Å². The lowest BCUT2D eigenvalue weighted by atomic mass is 10.1. The molecule has 3 rings (SSSR count). The SMILES string of the molecule is O=C(Nc1cc(F)ccc1N1CCCCC1)c1ccc(F)cc1Cl. The fourth-order valence-corrected chi connectivity index (χ4v) is 3.14. The van der Waals surface area contributed by atoms with Crippen molar-refractivity contribution < 1.29 is 13.6 Å². The van der Waals surface area contributed by atoms with E-state index in [0.29, 0.717) is 5.69 Å². The molecule has 3 nitrogen and oxygen atoms in total. The number of hydrogen-bond donors (Lipinski definition) is 1. The van der Waals surface area contributed by atoms with Gasteiger partial charge in [0.15, 0.2) is 0 Å². The summed E-state index contributed by atoms with van der Waals surface area (Å²) in [4.78, 5) is 14.6. The van der Waals surface area contributed by atoms with Crippen LogP contribution in [0.4, 0.5) is 20.2 Å². The summed E-state index contributed by atoms with van der Waals surface area (Å²) in [5, 5.41) is 2.71. The Morgan fingerprint density at radius 3 is 2.38 bits per heavy atom. The second kappa shape index (κ2) is 7.18. The third kappa shape index (κ3) is 3.67. The molecule has 1 N–H and O–H groups in total. The molecular formula is C18H17ClF2N2O. The van der Waals surface area contributed by atoms with Crippen LogP contribution in [0.3, 0.4) is 0 Å². The molecule has 24 heavy (non-hydrogen) atoms. The molecule has 1 aliphatic rings. The van der Waals surface area contributed by atoms with E-state index in [0.717, 1.165) is 43.8 Å². The van der Waals surface area contributed by atoms with E-state index >= 15 is 0 Å². The first-order valence-corrected chi connectivity index (χ1v) is 8.23. The third-order valence-electron chi connectivity index (χ3n) is 4.08. The van der Waals surface area contributed by atoms with E-state index in [9.17, 15) is 13.6 Å². The Morgan fingerprint density at radius 1 is 1.00 bits per heavy atom. The summed E-state index contributed by atoms with van der Waals surface area (Å²) < 4.78 is 26.8. The fraction of sp³-hybridized carbons (Fsp3) is 0.278. The highest BCUT2D eigenvalue weighted by Gasteiger charge is 2.18. The van der Waals surface area contributed by atoms with Crippen LogP contribution in [0, 0.1) is 11.6 Å². The zero-order chi connectivity index (χ0) is 17.1. The van der Waals surface area contributed by atoms with E-state index in [-0.39, 0.29) is 10.6 Å². The molecule has 1 saturated heterocycles. The second-order valence-corrected chi connectivity index (χ2v) is 6.19. The Labute approximate surface area is 144 Å². The van der Waals surface area contributed by atoms with Gasteiger partial charge in [-0.25, -0.2) is 8.78 Å². The van der Waals surface area contributed by atoms with Gasteiger partial charge in [0.25, 0.3) is 5.91 Å². The summed E-state index contributed by atoms with van der Waals surface area (Å²) in [5.74, 6) is -1.45. The number of hydrogen-bond acceptors (Lipinski definition) is 2. The summed E-state index contributed by atoms with van der Waals surface area (Å²) >= 11 is 5.93. The molecule has 0 atom stereocenters. The number of halogens is 3. The summed E-state index contributed by atoms with van der Waals surface area (Å²) in [5.41, 5.74) is 1.32. The van der Waals surface area contributed by atoms with Crippen molar-refractivity contribution in [3.63, 3.8) is 0 Å². The highest BCUT2D eigenvalue weighted by molar-refractivity contribution is 6.34. The van der Waals surface area contributed by atoms with Crippen molar-refractivity contribution in [2.45, 2.75) is 19.3 Å². The molecule has 0 radical (unpaired) electrons. The van der Waals surface area contributed by atoms with Crippen LogP contribution in [0.1, 0.15) is 29.6 Å². The number of amides is 1. The topological polar surface area (TPSA) is 32.3 Å². The quantitative estimate of drug-likeness (QED) is 0.857. The van der Waals surface area contributed by atoms with Gasteiger partial charge in [-0.2, -0.15) is 0 Å². The molecule has 2 aromatic carbocycles. The molecule has 1 amide bonds. The van der Waals surface area contributed by atoms with Gasteiger partial charge < -0.3 is 10.2 Å². The number of piperidine rings is 1. The highest BCUT2D eigenvalue weighted by Crippen LogP contribution is 2.30. The van der Waals surface area contributed by atoms with Gasteiger partial charge in [-0.05, 0) is 55.7 Å². The third-order valence-corrected chi connectivity index (χ3v) is 4.39. The predicted octanol–water partition coefficient (Wildman–Crippen LogP) is 4.86. The van der Waals surface area contributed by atoms with Crippen LogP contribution < -0.4 is 10.2 Å². The average molecular weight is 351 g/mol. The Bertz CT molecular complexity index is 761. The first-order chi connectivity index (χ1) is 11.5. The summed E-state index contributed by atoms with van der Waals surface area (Å²) in [6, 6.07) is 7.89. The molecule has 1 heterocycles. The maximum atomic E-state index is 13.7. The van der Waals surface area contributed by atoms with Crippen molar-refractivity contribution in [2.24, 2.45) is 0 Å². The first-order valence-electron chi connectivity index (χ1n) is 7.85. The molecule has 2 aromatic rings. The van der Waals surface area contributed by atoms with Crippen LogP contribution in [0.25, 0.3) is 0 Å². The molecule has 0 aromatic heterocycles. The zero-order valence-corrected chi connectivity index (χ0v) is 13.7.